The largest absolute Gasteiger partial charge is 0.379 e. The molecule has 2 aromatic heterocycles. The Hall–Kier alpha value is -2.19. The van der Waals surface area contributed by atoms with Crippen LogP contribution in [-0.2, 0) is 4.74 Å². The average molecular weight is 304 g/mol. The van der Waals surface area contributed by atoms with Crippen molar-refractivity contribution in [3.05, 3.63) is 28.9 Å². The highest BCUT2D eigenvalue weighted by atomic mass is 16.5. The fourth-order valence-corrected chi connectivity index (χ4v) is 2.48. The Morgan fingerprint density at radius 2 is 2.23 bits per heavy atom. The van der Waals surface area contributed by atoms with Gasteiger partial charge in [-0.05, 0) is 19.0 Å². The maximum absolute atomic E-state index is 11.4. The molecule has 118 valence electrons. The Bertz CT molecular complexity index is 633. The summed E-state index contributed by atoms with van der Waals surface area (Å²) in [6.45, 7) is 5.41. The first-order valence-electron chi connectivity index (χ1n) is 7.46. The molecule has 0 amide bonds. The zero-order valence-electron chi connectivity index (χ0n) is 12.3. The van der Waals surface area contributed by atoms with Gasteiger partial charge in [0.1, 0.15) is 5.82 Å². The number of nitrogens with zero attached hydrogens (tertiary/aromatic N) is 3. The van der Waals surface area contributed by atoms with Crippen LogP contribution in [0.25, 0.3) is 11.3 Å². The predicted molar refractivity (Wildman–Crippen MR) is 82.8 cm³/mol. The summed E-state index contributed by atoms with van der Waals surface area (Å²) < 4.78 is 5.33. The first kappa shape index (κ1) is 14.7. The fourth-order valence-electron chi connectivity index (χ4n) is 2.48. The van der Waals surface area contributed by atoms with E-state index in [0.29, 0.717) is 5.82 Å². The molecule has 0 radical (unpaired) electrons. The number of H-pyrrole nitrogens is 2. The van der Waals surface area contributed by atoms with Crippen LogP contribution in [0.5, 0.6) is 0 Å². The summed E-state index contributed by atoms with van der Waals surface area (Å²) in [5, 5.41) is 10.1. The van der Waals surface area contributed by atoms with Gasteiger partial charge in [-0.2, -0.15) is 5.10 Å². The minimum Gasteiger partial charge on any atom is -0.379 e. The molecule has 3 rings (SSSR count). The molecule has 3 heterocycles. The molecule has 1 aliphatic rings. The number of aromatic amines is 2. The van der Waals surface area contributed by atoms with Gasteiger partial charge in [-0.25, -0.2) is 9.78 Å². The van der Waals surface area contributed by atoms with Crippen LogP contribution in [0.4, 0.5) is 5.82 Å². The highest BCUT2D eigenvalue weighted by Gasteiger charge is 2.10. The van der Waals surface area contributed by atoms with Crippen molar-refractivity contribution in [2.45, 2.75) is 6.42 Å². The van der Waals surface area contributed by atoms with E-state index < -0.39 is 0 Å². The fraction of sp³-hybridized carbons (Fsp3) is 0.500. The van der Waals surface area contributed by atoms with Gasteiger partial charge in [0.05, 0.1) is 24.5 Å². The zero-order valence-corrected chi connectivity index (χ0v) is 12.3. The number of aromatic nitrogens is 4. The molecule has 8 nitrogen and oxygen atoms in total. The Labute approximate surface area is 127 Å². The molecule has 0 bridgehead atoms. The normalized spacial score (nSPS) is 15.8. The molecular formula is C14H20N6O2. The molecule has 1 fully saturated rings. The van der Waals surface area contributed by atoms with Gasteiger partial charge >= 0.3 is 5.69 Å². The molecule has 2 aromatic rings. The molecule has 0 aromatic carbocycles. The van der Waals surface area contributed by atoms with Gasteiger partial charge in [0.15, 0.2) is 0 Å². The van der Waals surface area contributed by atoms with Gasteiger partial charge in [0.2, 0.25) is 0 Å². The van der Waals surface area contributed by atoms with Crippen LogP contribution >= 0.6 is 0 Å². The van der Waals surface area contributed by atoms with Crippen molar-refractivity contribution in [3.8, 4) is 11.3 Å². The maximum atomic E-state index is 11.4. The number of morpholine rings is 1. The van der Waals surface area contributed by atoms with E-state index in [2.05, 4.69) is 30.4 Å². The first-order valence-corrected chi connectivity index (χ1v) is 7.46. The van der Waals surface area contributed by atoms with Gasteiger partial charge in [0.25, 0.3) is 0 Å². The van der Waals surface area contributed by atoms with Crippen molar-refractivity contribution >= 4 is 5.82 Å². The minimum absolute atomic E-state index is 0.362. The van der Waals surface area contributed by atoms with Crippen molar-refractivity contribution in [2.24, 2.45) is 0 Å². The third-order valence-corrected chi connectivity index (χ3v) is 3.66. The second-order valence-corrected chi connectivity index (χ2v) is 5.18. The van der Waals surface area contributed by atoms with Gasteiger partial charge in [0, 0.05) is 32.0 Å². The monoisotopic (exact) mass is 304 g/mol. The molecule has 22 heavy (non-hydrogen) atoms. The van der Waals surface area contributed by atoms with Gasteiger partial charge < -0.3 is 10.1 Å². The lowest BCUT2D eigenvalue weighted by Crippen LogP contribution is -2.37. The number of rotatable bonds is 6. The molecule has 0 unspecified atom stereocenters. The number of ether oxygens (including phenoxy) is 1. The lowest BCUT2D eigenvalue weighted by molar-refractivity contribution is 0.0378. The quantitative estimate of drug-likeness (QED) is 0.664. The molecule has 0 saturated carbocycles. The van der Waals surface area contributed by atoms with Crippen molar-refractivity contribution in [1.82, 2.24) is 25.1 Å². The summed E-state index contributed by atoms with van der Waals surface area (Å²) in [6.07, 6.45) is 4.21. The summed E-state index contributed by atoms with van der Waals surface area (Å²) in [4.78, 5) is 20.3. The number of hydrogen-bond donors (Lipinski definition) is 3. The molecule has 1 saturated heterocycles. The second kappa shape index (κ2) is 7.19. The van der Waals surface area contributed by atoms with Crippen molar-refractivity contribution in [1.29, 1.82) is 0 Å². The van der Waals surface area contributed by atoms with Crippen LogP contribution in [0.3, 0.4) is 0 Å². The summed E-state index contributed by atoms with van der Waals surface area (Å²) in [6, 6.07) is 1.84. The molecule has 0 aliphatic carbocycles. The zero-order chi connectivity index (χ0) is 15.2. The van der Waals surface area contributed by atoms with E-state index >= 15 is 0 Å². The summed E-state index contributed by atoms with van der Waals surface area (Å²) in [7, 11) is 0. The molecule has 1 aliphatic heterocycles. The minimum atomic E-state index is -0.362. The van der Waals surface area contributed by atoms with Crippen LogP contribution in [0, 0.1) is 0 Å². The number of hydrogen-bond acceptors (Lipinski definition) is 6. The van der Waals surface area contributed by atoms with E-state index in [0.717, 1.165) is 57.1 Å². The third kappa shape index (κ3) is 3.71. The highest BCUT2D eigenvalue weighted by Crippen LogP contribution is 2.21. The van der Waals surface area contributed by atoms with Crippen LogP contribution < -0.4 is 11.0 Å². The molecule has 3 N–H and O–H groups in total. The van der Waals surface area contributed by atoms with Gasteiger partial charge in [-0.15, -0.1) is 0 Å². The van der Waals surface area contributed by atoms with Crippen LogP contribution in [0.2, 0.25) is 0 Å². The van der Waals surface area contributed by atoms with Crippen molar-refractivity contribution in [3.63, 3.8) is 0 Å². The molecule has 0 atom stereocenters. The summed E-state index contributed by atoms with van der Waals surface area (Å²) in [5.74, 6) is 0.672. The number of nitrogens with one attached hydrogen (secondary N) is 3. The number of anilines is 1. The van der Waals surface area contributed by atoms with Crippen molar-refractivity contribution < 1.29 is 4.74 Å². The van der Waals surface area contributed by atoms with E-state index in [-0.39, 0.29) is 5.69 Å². The van der Waals surface area contributed by atoms with E-state index in [1.165, 1.54) is 0 Å². The topological polar surface area (TPSA) is 98.9 Å². The van der Waals surface area contributed by atoms with E-state index in [9.17, 15) is 4.79 Å². The van der Waals surface area contributed by atoms with Crippen LogP contribution in [0.1, 0.15) is 6.42 Å². The maximum Gasteiger partial charge on any atom is 0.346 e. The Morgan fingerprint density at radius 1 is 1.36 bits per heavy atom. The van der Waals surface area contributed by atoms with E-state index in [1.807, 2.05) is 6.07 Å². The molecule has 8 heteroatoms. The molecular weight excluding hydrogens is 284 g/mol. The van der Waals surface area contributed by atoms with E-state index in [1.54, 1.807) is 12.4 Å². The Kier molecular flexibility index (Phi) is 4.81. The van der Waals surface area contributed by atoms with Crippen LogP contribution in [0.15, 0.2) is 23.3 Å². The molecule has 0 spiro atoms. The predicted octanol–water partition coefficient (Wildman–Crippen LogP) is 0.294. The Balaban J connectivity index is 1.57. The van der Waals surface area contributed by atoms with E-state index in [4.69, 9.17) is 4.74 Å². The highest BCUT2D eigenvalue weighted by molar-refractivity contribution is 5.70. The SMILES string of the molecule is O=c1ncc(-c2ccn[nH]2)c(NCCCN2CCOCC2)[nH]1. The third-order valence-electron chi connectivity index (χ3n) is 3.66. The lowest BCUT2D eigenvalue weighted by Gasteiger charge is -2.26. The standard InChI is InChI=1S/C14H20N6O2/c21-14-16-10-11(12-2-4-17-19-12)13(18-14)15-3-1-5-20-6-8-22-9-7-20/h2,4,10H,1,3,5-9H2,(H,17,19)(H2,15,16,18,21). The first-order chi connectivity index (χ1) is 10.8. The van der Waals surface area contributed by atoms with Crippen LogP contribution in [-0.4, -0.2) is 64.5 Å². The smallest absolute Gasteiger partial charge is 0.346 e. The van der Waals surface area contributed by atoms with Gasteiger partial charge in [-0.3, -0.25) is 15.0 Å². The lowest BCUT2D eigenvalue weighted by atomic mass is 10.2. The average Bonchev–Trinajstić information content (AvgIpc) is 3.07. The van der Waals surface area contributed by atoms with Gasteiger partial charge in [-0.1, -0.05) is 0 Å². The Morgan fingerprint density at radius 3 is 3.00 bits per heavy atom. The van der Waals surface area contributed by atoms with Crippen molar-refractivity contribution in [2.75, 3.05) is 44.7 Å². The summed E-state index contributed by atoms with van der Waals surface area (Å²) in [5.41, 5.74) is 1.27. The second-order valence-electron chi connectivity index (χ2n) is 5.18. The summed E-state index contributed by atoms with van der Waals surface area (Å²) >= 11 is 0.